The first kappa shape index (κ1) is 34.1. The Morgan fingerprint density at radius 2 is 1.14 bits per heavy atom. The zero-order valence-corrected chi connectivity index (χ0v) is 26.0. The van der Waals surface area contributed by atoms with Gasteiger partial charge in [-0.05, 0) is 75.0 Å². The molecule has 208 valence electrons. The number of carbonyl (C=O) groups is 2. The van der Waals surface area contributed by atoms with Gasteiger partial charge in [-0.2, -0.15) is 0 Å². The van der Waals surface area contributed by atoms with Gasteiger partial charge in [-0.15, -0.1) is 0 Å². The van der Waals surface area contributed by atoms with Crippen LogP contribution in [0.15, 0.2) is 0 Å². The Kier molecular flexibility index (Phi) is 11.7. The Morgan fingerprint density at radius 3 is 1.57 bits per heavy atom. The Bertz CT molecular complexity index is 699. The molecule has 0 aliphatic rings. The summed E-state index contributed by atoms with van der Waals surface area (Å²) in [6, 6.07) is 0. The maximum atomic E-state index is 13.0. The largest absolute Gasteiger partial charge is 0.351 e. The molecular formula is C30H59NO4. The molecule has 1 amide bonds. The van der Waals surface area contributed by atoms with Crippen molar-refractivity contribution in [1.82, 2.24) is 5.32 Å². The highest BCUT2D eigenvalue weighted by Crippen LogP contribution is 2.44. The molecule has 0 unspecified atom stereocenters. The smallest absolute Gasteiger partial charge is 0.220 e. The predicted molar refractivity (Wildman–Crippen MR) is 147 cm³/mol. The molecule has 0 aromatic rings. The predicted octanol–water partition coefficient (Wildman–Crippen LogP) is 7.56. The van der Waals surface area contributed by atoms with E-state index in [9.17, 15) is 9.59 Å². The van der Waals surface area contributed by atoms with Crippen molar-refractivity contribution in [3.05, 3.63) is 0 Å². The van der Waals surface area contributed by atoms with Crippen molar-refractivity contribution in [3.63, 3.8) is 0 Å². The molecule has 0 rings (SSSR count). The van der Waals surface area contributed by atoms with Crippen LogP contribution < -0.4 is 5.32 Å². The molecule has 0 saturated carbocycles. The first-order chi connectivity index (χ1) is 15.3. The van der Waals surface area contributed by atoms with Crippen molar-refractivity contribution in [2.24, 2.45) is 27.6 Å². The second kappa shape index (κ2) is 12.1. The minimum Gasteiger partial charge on any atom is -0.351 e. The van der Waals surface area contributed by atoms with E-state index in [1.165, 1.54) is 0 Å². The van der Waals surface area contributed by atoms with Gasteiger partial charge in [0.15, 0.2) is 5.79 Å². The fourth-order valence-corrected chi connectivity index (χ4v) is 5.16. The van der Waals surface area contributed by atoms with E-state index in [4.69, 9.17) is 9.47 Å². The van der Waals surface area contributed by atoms with E-state index in [0.29, 0.717) is 32.0 Å². The molecule has 5 heteroatoms. The summed E-state index contributed by atoms with van der Waals surface area (Å²) in [5.74, 6) is 0.121. The number of amides is 1. The fraction of sp³-hybridized carbons (Fsp3) is 0.933. The van der Waals surface area contributed by atoms with E-state index in [-0.39, 0.29) is 33.4 Å². The van der Waals surface area contributed by atoms with Gasteiger partial charge in [0, 0.05) is 18.4 Å². The van der Waals surface area contributed by atoms with E-state index in [2.05, 4.69) is 88.4 Å². The lowest BCUT2D eigenvalue weighted by Crippen LogP contribution is -2.49. The first-order valence-electron chi connectivity index (χ1n) is 13.4. The number of hydrogen-bond acceptors (Lipinski definition) is 4. The molecule has 0 heterocycles. The lowest BCUT2D eigenvalue weighted by Gasteiger charge is -2.42. The number of rotatable bonds is 16. The highest BCUT2D eigenvalue weighted by atomic mass is 16.7. The van der Waals surface area contributed by atoms with Gasteiger partial charge in [0.25, 0.3) is 0 Å². The summed E-state index contributed by atoms with van der Waals surface area (Å²) in [7, 11) is 0. The molecule has 1 N–H and O–H groups in total. The fourth-order valence-electron chi connectivity index (χ4n) is 5.16. The van der Waals surface area contributed by atoms with Gasteiger partial charge in [0.05, 0.1) is 13.2 Å². The Hall–Kier alpha value is -0.940. The van der Waals surface area contributed by atoms with Crippen LogP contribution in [-0.4, -0.2) is 36.2 Å². The van der Waals surface area contributed by atoms with Gasteiger partial charge in [-0.1, -0.05) is 69.2 Å². The van der Waals surface area contributed by atoms with Crippen LogP contribution in [0.3, 0.4) is 0 Å². The molecule has 0 saturated heterocycles. The van der Waals surface area contributed by atoms with Gasteiger partial charge < -0.3 is 19.6 Å². The van der Waals surface area contributed by atoms with E-state index < -0.39 is 11.3 Å². The monoisotopic (exact) mass is 497 g/mol. The molecule has 0 aliphatic heterocycles. The van der Waals surface area contributed by atoms with Crippen molar-refractivity contribution < 1.29 is 19.1 Å². The van der Waals surface area contributed by atoms with E-state index in [1.54, 1.807) is 6.92 Å². The number of ether oxygens (including phenoxy) is 2. The zero-order chi connectivity index (χ0) is 28.1. The minimum atomic E-state index is -0.675. The number of nitrogens with one attached hydrogen (secondary N) is 1. The summed E-state index contributed by atoms with van der Waals surface area (Å²) >= 11 is 0. The Balaban J connectivity index is 4.97. The van der Waals surface area contributed by atoms with Gasteiger partial charge in [0.2, 0.25) is 5.91 Å². The van der Waals surface area contributed by atoms with Crippen LogP contribution >= 0.6 is 0 Å². The number of carbonyl (C=O) groups excluding carboxylic acids is 2. The Labute approximate surface area is 217 Å². The van der Waals surface area contributed by atoms with E-state index in [1.807, 2.05) is 13.8 Å². The lowest BCUT2D eigenvalue weighted by molar-refractivity contribution is -0.238. The van der Waals surface area contributed by atoms with E-state index in [0.717, 1.165) is 12.8 Å². The summed E-state index contributed by atoms with van der Waals surface area (Å²) in [5.41, 5.74) is -1.02. The molecule has 0 radical (unpaired) electrons. The number of Topliss-reactive ketones (excluding diaryl/α,β-unsaturated/α-hetero) is 1. The third kappa shape index (κ3) is 13.8. The second-order valence-electron chi connectivity index (χ2n) is 15.3. The summed E-state index contributed by atoms with van der Waals surface area (Å²) < 4.78 is 12.4. The molecule has 35 heavy (non-hydrogen) atoms. The van der Waals surface area contributed by atoms with Crippen LogP contribution in [0.5, 0.6) is 0 Å². The van der Waals surface area contributed by atoms with Gasteiger partial charge >= 0.3 is 0 Å². The second-order valence-corrected chi connectivity index (χ2v) is 15.3. The van der Waals surface area contributed by atoms with Crippen LogP contribution in [0.2, 0.25) is 0 Å². The summed E-state index contributed by atoms with van der Waals surface area (Å²) in [5, 5.41) is 3.24. The molecule has 0 aromatic carbocycles. The van der Waals surface area contributed by atoms with Crippen molar-refractivity contribution >= 4 is 11.7 Å². The molecule has 0 bridgehead atoms. The zero-order valence-electron chi connectivity index (χ0n) is 26.0. The third-order valence-corrected chi connectivity index (χ3v) is 7.11. The van der Waals surface area contributed by atoms with Crippen LogP contribution in [0.1, 0.15) is 130 Å². The molecule has 0 atom stereocenters. The quantitative estimate of drug-likeness (QED) is 0.223. The van der Waals surface area contributed by atoms with Gasteiger partial charge in [0.1, 0.15) is 5.78 Å². The van der Waals surface area contributed by atoms with Gasteiger partial charge in [-0.25, -0.2) is 0 Å². The first-order valence-corrected chi connectivity index (χ1v) is 13.4. The standard InChI is InChI=1S/C30H59NO4/c1-22(2)16-25(4,5)20-34-30(14,15)35-21-26(6,7)19-29(12,13)31-24(33)18-28(10,11)27(8,9)17-23(3)32/h22H,16-21H2,1-15H3,(H,31,33). The summed E-state index contributed by atoms with van der Waals surface area (Å²) in [6.07, 6.45) is 2.71. The van der Waals surface area contributed by atoms with E-state index >= 15 is 0 Å². The average molecular weight is 498 g/mol. The van der Waals surface area contributed by atoms with Crippen molar-refractivity contribution in [1.29, 1.82) is 0 Å². The van der Waals surface area contributed by atoms with Crippen LogP contribution in [0.4, 0.5) is 0 Å². The molecule has 0 aliphatic carbocycles. The third-order valence-electron chi connectivity index (χ3n) is 7.11. The normalized spacial score (nSPS) is 14.4. The number of hydrogen-bond donors (Lipinski definition) is 1. The SMILES string of the molecule is CC(=O)CC(C)(C)C(C)(C)CC(=O)NC(C)(C)CC(C)(C)COC(C)(C)OCC(C)(C)CC(C)C. The molecular weight excluding hydrogens is 438 g/mol. The van der Waals surface area contributed by atoms with Gasteiger partial charge in [-0.3, -0.25) is 4.79 Å². The molecule has 0 aromatic heterocycles. The minimum absolute atomic E-state index is 0.0180. The molecule has 5 nitrogen and oxygen atoms in total. The topological polar surface area (TPSA) is 64.6 Å². The van der Waals surface area contributed by atoms with Crippen molar-refractivity contribution in [3.8, 4) is 0 Å². The molecule has 0 fully saturated rings. The maximum absolute atomic E-state index is 13.0. The summed E-state index contributed by atoms with van der Waals surface area (Å²) in [4.78, 5) is 24.7. The Morgan fingerprint density at radius 1 is 0.714 bits per heavy atom. The molecule has 0 spiro atoms. The van der Waals surface area contributed by atoms with Crippen LogP contribution in [0, 0.1) is 27.6 Å². The maximum Gasteiger partial charge on any atom is 0.220 e. The average Bonchev–Trinajstić information content (AvgIpc) is 2.54. The van der Waals surface area contributed by atoms with Crippen molar-refractivity contribution in [2.75, 3.05) is 13.2 Å². The van der Waals surface area contributed by atoms with Crippen LogP contribution in [0.25, 0.3) is 0 Å². The highest BCUT2D eigenvalue weighted by molar-refractivity contribution is 5.78. The van der Waals surface area contributed by atoms with Crippen molar-refractivity contribution in [2.45, 2.75) is 141 Å². The lowest BCUT2D eigenvalue weighted by atomic mass is 9.63. The van der Waals surface area contributed by atoms with Crippen LogP contribution in [-0.2, 0) is 19.1 Å². The highest BCUT2D eigenvalue weighted by Gasteiger charge is 2.40. The summed E-state index contributed by atoms with van der Waals surface area (Å²) in [6.45, 7) is 32.5. The number of ketones is 1.